The van der Waals surface area contributed by atoms with Crippen molar-refractivity contribution in [2.75, 3.05) is 31.6 Å². The van der Waals surface area contributed by atoms with E-state index in [1.165, 1.54) is 17.4 Å². The van der Waals surface area contributed by atoms with Crippen molar-refractivity contribution < 1.29 is 8.42 Å². The van der Waals surface area contributed by atoms with Crippen LogP contribution in [-0.2, 0) is 9.84 Å². The van der Waals surface area contributed by atoms with Crippen LogP contribution in [0.15, 0.2) is 18.3 Å². The van der Waals surface area contributed by atoms with Gasteiger partial charge in [-0.2, -0.15) is 5.10 Å². The number of sulfone groups is 1. The molecule has 1 aliphatic heterocycles. The maximum Gasteiger partial charge on any atom is 0.148 e. The average molecular weight is 321 g/mol. The van der Waals surface area contributed by atoms with Crippen molar-refractivity contribution in [3.63, 3.8) is 0 Å². The molecule has 120 valence electrons. The summed E-state index contributed by atoms with van der Waals surface area (Å²) in [5.74, 6) is 0.818. The molecular weight excluding hydrogens is 298 g/mol. The lowest BCUT2D eigenvalue weighted by Crippen LogP contribution is -2.36. The maximum absolute atomic E-state index is 11.3. The van der Waals surface area contributed by atoms with Crippen molar-refractivity contribution >= 4 is 20.7 Å². The number of hydrogen-bond acceptors (Lipinski definition) is 4. The third kappa shape index (κ3) is 3.50. The van der Waals surface area contributed by atoms with Gasteiger partial charge in [0, 0.05) is 18.2 Å². The Kier molecular flexibility index (Phi) is 4.23. The number of nitrogens with zero attached hydrogens (tertiary/aromatic N) is 2. The second kappa shape index (κ2) is 6.01. The molecule has 5 nitrogen and oxygen atoms in total. The third-order valence-electron chi connectivity index (χ3n) is 4.63. The summed E-state index contributed by atoms with van der Waals surface area (Å²) in [6.07, 6.45) is 5.34. The molecule has 0 amide bonds. The summed E-state index contributed by atoms with van der Waals surface area (Å²) in [6, 6.07) is 4.43. The topological polar surface area (TPSA) is 66.1 Å². The number of benzene rings is 1. The molecule has 3 rings (SSSR count). The van der Waals surface area contributed by atoms with Crippen LogP contribution in [0.5, 0.6) is 0 Å². The van der Waals surface area contributed by atoms with Gasteiger partial charge in [0.1, 0.15) is 9.84 Å². The van der Waals surface area contributed by atoms with Crippen LogP contribution < -0.4 is 0 Å². The minimum Gasteiger partial charge on any atom is -0.302 e. The largest absolute Gasteiger partial charge is 0.302 e. The zero-order valence-corrected chi connectivity index (χ0v) is 14.0. The number of aromatic amines is 1. The molecular formula is C16H23N3O2S. The number of piperidine rings is 1. The van der Waals surface area contributed by atoms with Crippen LogP contribution in [-0.4, -0.2) is 55.2 Å². The summed E-state index contributed by atoms with van der Waals surface area (Å²) >= 11 is 0. The normalized spacial score (nSPS) is 18.1. The van der Waals surface area contributed by atoms with Gasteiger partial charge in [-0.25, -0.2) is 8.42 Å². The van der Waals surface area contributed by atoms with Crippen molar-refractivity contribution in [2.24, 2.45) is 0 Å². The van der Waals surface area contributed by atoms with Crippen LogP contribution >= 0.6 is 0 Å². The van der Waals surface area contributed by atoms with Gasteiger partial charge in [-0.15, -0.1) is 0 Å². The number of H-pyrrole nitrogens is 1. The molecule has 1 N–H and O–H groups in total. The Bertz CT molecular complexity index is 759. The summed E-state index contributed by atoms with van der Waals surface area (Å²) in [6.45, 7) is 4.77. The van der Waals surface area contributed by atoms with Crippen molar-refractivity contribution in [3.05, 3.63) is 29.5 Å². The Morgan fingerprint density at radius 2 is 2.05 bits per heavy atom. The fraction of sp³-hybridized carbons (Fsp3) is 0.562. The van der Waals surface area contributed by atoms with Gasteiger partial charge in [0.2, 0.25) is 0 Å². The molecule has 22 heavy (non-hydrogen) atoms. The molecule has 0 aliphatic carbocycles. The lowest BCUT2D eigenvalue weighted by molar-refractivity contribution is 0.223. The van der Waals surface area contributed by atoms with Crippen LogP contribution in [0.4, 0.5) is 0 Å². The number of aromatic nitrogens is 2. The molecule has 0 spiro atoms. The first-order chi connectivity index (χ1) is 10.4. The highest BCUT2D eigenvalue weighted by molar-refractivity contribution is 7.90. The molecule has 0 saturated carbocycles. The number of fused-ring (bicyclic) bond motifs is 1. The first-order valence-corrected chi connectivity index (χ1v) is 9.82. The van der Waals surface area contributed by atoms with E-state index in [0.29, 0.717) is 12.5 Å². The van der Waals surface area contributed by atoms with Crippen molar-refractivity contribution in [3.8, 4) is 0 Å². The van der Waals surface area contributed by atoms with Gasteiger partial charge < -0.3 is 4.90 Å². The summed E-state index contributed by atoms with van der Waals surface area (Å²) in [4.78, 5) is 2.27. The smallest absolute Gasteiger partial charge is 0.148 e. The number of rotatable bonds is 4. The van der Waals surface area contributed by atoms with Crippen molar-refractivity contribution in [1.82, 2.24) is 15.1 Å². The minimum atomic E-state index is -2.87. The lowest BCUT2D eigenvalue weighted by Gasteiger charge is -2.32. The number of likely N-dealkylation sites (tertiary alicyclic amines) is 1. The van der Waals surface area contributed by atoms with E-state index in [1.807, 2.05) is 6.20 Å². The number of aryl methyl sites for hydroxylation is 1. The van der Waals surface area contributed by atoms with Gasteiger partial charge >= 0.3 is 0 Å². The zero-order valence-electron chi connectivity index (χ0n) is 13.2. The molecule has 1 aromatic heterocycles. The Morgan fingerprint density at radius 1 is 1.32 bits per heavy atom. The standard InChI is InChI=1S/C16H23N3O2S/c1-12-9-14-11-17-18-16(14)10-15(12)13-3-5-19(6-4-13)7-8-22(2,20)21/h9-11,13H,3-8H2,1-2H3,(H,17,18). The van der Waals surface area contributed by atoms with E-state index >= 15 is 0 Å². The molecule has 1 fully saturated rings. The second-order valence-electron chi connectivity index (χ2n) is 6.41. The van der Waals surface area contributed by atoms with Crippen LogP contribution in [0, 0.1) is 6.92 Å². The van der Waals surface area contributed by atoms with Gasteiger partial charge in [0.25, 0.3) is 0 Å². The van der Waals surface area contributed by atoms with E-state index in [0.717, 1.165) is 36.8 Å². The van der Waals surface area contributed by atoms with Crippen LogP contribution in [0.2, 0.25) is 0 Å². The maximum atomic E-state index is 11.3. The molecule has 1 aliphatic rings. The minimum absolute atomic E-state index is 0.261. The van der Waals surface area contributed by atoms with E-state index in [-0.39, 0.29) is 5.75 Å². The third-order valence-corrected chi connectivity index (χ3v) is 5.56. The fourth-order valence-corrected chi connectivity index (χ4v) is 3.91. The van der Waals surface area contributed by atoms with Gasteiger partial charge in [-0.05, 0) is 62.0 Å². The molecule has 2 heterocycles. The molecule has 0 bridgehead atoms. The molecule has 1 saturated heterocycles. The van der Waals surface area contributed by atoms with Gasteiger partial charge in [0.05, 0.1) is 17.5 Å². The van der Waals surface area contributed by atoms with E-state index in [1.54, 1.807) is 0 Å². The van der Waals surface area contributed by atoms with Crippen molar-refractivity contribution in [1.29, 1.82) is 0 Å². The highest BCUT2D eigenvalue weighted by Gasteiger charge is 2.22. The summed E-state index contributed by atoms with van der Waals surface area (Å²) < 4.78 is 22.5. The Hall–Kier alpha value is -1.40. The lowest BCUT2D eigenvalue weighted by atomic mass is 9.86. The predicted octanol–water partition coefficient (Wildman–Crippen LogP) is 2.10. The Morgan fingerprint density at radius 3 is 2.73 bits per heavy atom. The second-order valence-corrected chi connectivity index (χ2v) is 8.67. The molecule has 1 aromatic carbocycles. The molecule has 2 aromatic rings. The Balaban J connectivity index is 1.66. The highest BCUT2D eigenvalue weighted by atomic mass is 32.2. The zero-order chi connectivity index (χ0) is 15.7. The molecule has 0 unspecified atom stereocenters. The van der Waals surface area contributed by atoms with Crippen LogP contribution in [0.25, 0.3) is 10.9 Å². The summed E-state index contributed by atoms with van der Waals surface area (Å²) in [7, 11) is -2.87. The van der Waals surface area contributed by atoms with Crippen molar-refractivity contribution in [2.45, 2.75) is 25.7 Å². The van der Waals surface area contributed by atoms with E-state index in [4.69, 9.17) is 0 Å². The molecule has 6 heteroatoms. The number of nitrogens with one attached hydrogen (secondary N) is 1. The monoisotopic (exact) mass is 321 g/mol. The van der Waals surface area contributed by atoms with Gasteiger partial charge in [-0.1, -0.05) is 0 Å². The summed E-state index contributed by atoms with van der Waals surface area (Å²) in [5.41, 5.74) is 3.82. The number of hydrogen-bond donors (Lipinski definition) is 1. The molecule has 0 radical (unpaired) electrons. The fourth-order valence-electron chi connectivity index (χ4n) is 3.32. The average Bonchev–Trinajstić information content (AvgIpc) is 2.91. The first-order valence-electron chi connectivity index (χ1n) is 7.76. The highest BCUT2D eigenvalue weighted by Crippen LogP contribution is 2.32. The van der Waals surface area contributed by atoms with Gasteiger partial charge in [-0.3, -0.25) is 5.10 Å². The van der Waals surface area contributed by atoms with Crippen LogP contribution in [0.1, 0.15) is 29.9 Å². The van der Waals surface area contributed by atoms with Gasteiger partial charge in [0.15, 0.2) is 0 Å². The molecule has 0 atom stereocenters. The Labute approximate surface area is 131 Å². The SMILES string of the molecule is Cc1cc2cn[nH]c2cc1C1CCN(CCS(C)(=O)=O)CC1. The summed E-state index contributed by atoms with van der Waals surface area (Å²) in [5, 5.41) is 8.30. The quantitative estimate of drug-likeness (QED) is 0.936. The van der Waals surface area contributed by atoms with Crippen LogP contribution in [0.3, 0.4) is 0 Å². The van der Waals surface area contributed by atoms with E-state index in [9.17, 15) is 8.42 Å². The van der Waals surface area contributed by atoms with E-state index in [2.05, 4.69) is 34.2 Å². The predicted molar refractivity (Wildman–Crippen MR) is 89.0 cm³/mol. The van der Waals surface area contributed by atoms with E-state index < -0.39 is 9.84 Å². The first kappa shape index (κ1) is 15.5.